The van der Waals surface area contributed by atoms with Gasteiger partial charge in [-0.2, -0.15) is 0 Å². The van der Waals surface area contributed by atoms with Crippen LogP contribution in [0.25, 0.3) is 22.4 Å². The van der Waals surface area contributed by atoms with Gasteiger partial charge in [0.25, 0.3) is 5.56 Å². The number of piperazine rings is 1. The molecule has 1 aliphatic rings. The number of pyridine rings is 1. The lowest BCUT2D eigenvalue weighted by Gasteiger charge is -2.35. The van der Waals surface area contributed by atoms with Crippen LogP contribution in [-0.2, 0) is 0 Å². The van der Waals surface area contributed by atoms with Crippen LogP contribution in [0, 0.1) is 0 Å². The molecule has 11 heteroatoms. The van der Waals surface area contributed by atoms with Crippen molar-refractivity contribution in [3.8, 4) is 23.0 Å². The Morgan fingerprint density at radius 2 is 1.81 bits per heavy atom. The van der Waals surface area contributed by atoms with Crippen molar-refractivity contribution in [2.24, 2.45) is 0 Å². The first-order chi connectivity index (χ1) is 16.9. The average molecular weight is 517 g/mol. The molecule has 0 radical (unpaired) electrons. The number of carbonyl (C=O) groups is 1. The van der Waals surface area contributed by atoms with Crippen LogP contribution in [0.3, 0.4) is 0 Å². The number of fused-ring (bicyclic) bond motifs is 1. The summed E-state index contributed by atoms with van der Waals surface area (Å²) in [7, 11) is 0. The second kappa shape index (κ2) is 11.9. The van der Waals surface area contributed by atoms with Gasteiger partial charge in [-0.25, -0.2) is 14.8 Å². The lowest BCUT2D eigenvalue weighted by molar-refractivity contribution is 0.191. The second-order valence-corrected chi connectivity index (χ2v) is 8.56. The minimum absolute atomic E-state index is 0. The number of benzene rings is 1. The maximum Gasteiger partial charge on any atom is 0.317 e. The summed E-state index contributed by atoms with van der Waals surface area (Å²) in [4.78, 5) is 41.5. The van der Waals surface area contributed by atoms with E-state index in [9.17, 15) is 9.59 Å². The molecule has 3 heterocycles. The number of hydrogen-bond donors (Lipinski definition) is 2. The zero-order valence-corrected chi connectivity index (χ0v) is 21.9. The molecule has 10 nitrogen and oxygen atoms in total. The first kappa shape index (κ1) is 27.1. The largest absolute Gasteiger partial charge is 0.494 e. The van der Waals surface area contributed by atoms with E-state index in [4.69, 9.17) is 14.5 Å². The van der Waals surface area contributed by atoms with Gasteiger partial charge in [0.1, 0.15) is 28.4 Å². The molecule has 1 aromatic carbocycles. The Kier molecular flexibility index (Phi) is 8.98. The van der Waals surface area contributed by atoms with Gasteiger partial charge < -0.3 is 29.6 Å². The number of nitrogens with one attached hydrogen (secondary N) is 2. The third kappa shape index (κ3) is 5.99. The van der Waals surface area contributed by atoms with E-state index >= 15 is 0 Å². The number of amides is 2. The lowest BCUT2D eigenvalue weighted by Crippen LogP contribution is -2.53. The van der Waals surface area contributed by atoms with Gasteiger partial charge in [-0.3, -0.25) is 4.79 Å². The SMILES string of the molecule is CCOc1cc(OCC)c2c(=O)[nH]c(-c3cccc(N4CCN(C(=O)NC(C)C)CC4)n3)nc2c1.Cl. The Balaban J connectivity index is 0.00000361. The van der Waals surface area contributed by atoms with Gasteiger partial charge >= 0.3 is 6.03 Å². The summed E-state index contributed by atoms with van der Waals surface area (Å²) in [5, 5.41) is 3.31. The minimum atomic E-state index is -0.298. The Morgan fingerprint density at radius 1 is 1.08 bits per heavy atom. The van der Waals surface area contributed by atoms with E-state index in [1.54, 1.807) is 12.1 Å². The summed E-state index contributed by atoms with van der Waals surface area (Å²) >= 11 is 0. The summed E-state index contributed by atoms with van der Waals surface area (Å²) in [6, 6.07) is 9.14. The Bertz CT molecular complexity index is 1260. The number of carbonyl (C=O) groups excluding carboxylic acids is 1. The van der Waals surface area contributed by atoms with E-state index in [1.165, 1.54) is 0 Å². The van der Waals surface area contributed by atoms with E-state index in [0.29, 0.717) is 73.3 Å². The van der Waals surface area contributed by atoms with Crippen molar-refractivity contribution in [3.63, 3.8) is 0 Å². The molecule has 0 spiro atoms. The Morgan fingerprint density at radius 3 is 2.47 bits per heavy atom. The fourth-order valence-corrected chi connectivity index (χ4v) is 4.06. The zero-order chi connectivity index (χ0) is 24.9. The predicted octanol–water partition coefficient (Wildman–Crippen LogP) is 3.44. The van der Waals surface area contributed by atoms with Gasteiger partial charge in [0.2, 0.25) is 0 Å². The van der Waals surface area contributed by atoms with Crippen LogP contribution < -0.4 is 25.2 Å². The van der Waals surface area contributed by atoms with E-state index in [-0.39, 0.29) is 30.0 Å². The molecule has 2 N–H and O–H groups in total. The molecule has 0 bridgehead atoms. The molecule has 1 aliphatic heterocycles. The average Bonchev–Trinajstić information content (AvgIpc) is 2.84. The molecule has 0 saturated carbocycles. The van der Waals surface area contributed by atoms with Gasteiger partial charge in [0, 0.05) is 44.4 Å². The quantitative estimate of drug-likeness (QED) is 0.494. The van der Waals surface area contributed by atoms with Gasteiger partial charge in [-0.1, -0.05) is 6.07 Å². The van der Waals surface area contributed by atoms with Gasteiger partial charge in [0.05, 0.1) is 18.7 Å². The molecule has 36 heavy (non-hydrogen) atoms. The Hall–Kier alpha value is -3.53. The Labute approximate surface area is 216 Å². The number of ether oxygens (including phenoxy) is 2. The third-order valence-electron chi connectivity index (χ3n) is 5.64. The maximum absolute atomic E-state index is 13.0. The second-order valence-electron chi connectivity index (χ2n) is 8.56. The number of aromatic nitrogens is 3. The topological polar surface area (TPSA) is 113 Å². The molecule has 0 unspecified atom stereocenters. The van der Waals surface area contributed by atoms with Crippen molar-refractivity contribution < 1.29 is 14.3 Å². The standard InChI is InChI=1S/C25H32N6O4.ClH/c1-5-34-17-14-19-22(20(15-17)35-6-2)24(32)29-23(28-19)18-8-7-9-21(27-18)30-10-12-31(13-11-30)25(33)26-16(3)4;/h7-9,14-16H,5-6,10-13H2,1-4H3,(H,26,33)(H,28,29,32);1H. The molecule has 1 fully saturated rings. The summed E-state index contributed by atoms with van der Waals surface area (Å²) in [6.07, 6.45) is 0. The van der Waals surface area contributed by atoms with E-state index in [1.807, 2.05) is 50.8 Å². The summed E-state index contributed by atoms with van der Waals surface area (Å²) in [5.74, 6) is 2.17. The van der Waals surface area contributed by atoms with Gasteiger partial charge in [0.15, 0.2) is 5.82 Å². The number of hydrogen-bond acceptors (Lipinski definition) is 7. The van der Waals surface area contributed by atoms with Crippen molar-refractivity contribution in [2.45, 2.75) is 33.7 Å². The number of rotatable bonds is 7. The van der Waals surface area contributed by atoms with Crippen molar-refractivity contribution in [3.05, 3.63) is 40.7 Å². The van der Waals surface area contributed by atoms with E-state index < -0.39 is 0 Å². The van der Waals surface area contributed by atoms with Crippen LogP contribution in [-0.4, -0.2) is 71.3 Å². The lowest BCUT2D eigenvalue weighted by atomic mass is 10.2. The summed E-state index contributed by atoms with van der Waals surface area (Å²) < 4.78 is 11.3. The smallest absolute Gasteiger partial charge is 0.317 e. The number of aromatic amines is 1. The molecule has 0 aliphatic carbocycles. The highest BCUT2D eigenvalue weighted by Crippen LogP contribution is 2.29. The number of halogens is 1. The highest BCUT2D eigenvalue weighted by atomic mass is 35.5. The fraction of sp³-hybridized carbons (Fsp3) is 0.440. The van der Waals surface area contributed by atoms with Gasteiger partial charge in [-0.15, -0.1) is 12.4 Å². The van der Waals surface area contributed by atoms with Crippen LogP contribution in [0.15, 0.2) is 35.1 Å². The molecule has 2 amide bonds. The van der Waals surface area contributed by atoms with Crippen molar-refractivity contribution in [1.29, 1.82) is 0 Å². The highest BCUT2D eigenvalue weighted by Gasteiger charge is 2.23. The third-order valence-corrected chi connectivity index (χ3v) is 5.64. The number of H-pyrrole nitrogens is 1. The molecule has 0 atom stereocenters. The van der Waals surface area contributed by atoms with Crippen LogP contribution in [0.2, 0.25) is 0 Å². The van der Waals surface area contributed by atoms with Crippen molar-refractivity contribution in [1.82, 2.24) is 25.2 Å². The first-order valence-electron chi connectivity index (χ1n) is 12.0. The number of nitrogens with zero attached hydrogens (tertiary/aromatic N) is 4. The van der Waals surface area contributed by atoms with E-state index in [0.717, 1.165) is 5.82 Å². The van der Waals surface area contributed by atoms with Crippen molar-refractivity contribution >= 4 is 35.2 Å². The van der Waals surface area contributed by atoms with E-state index in [2.05, 4.69) is 20.2 Å². The molecule has 194 valence electrons. The van der Waals surface area contributed by atoms with Gasteiger partial charge in [-0.05, 0) is 39.8 Å². The molecule has 1 saturated heterocycles. The molecule has 4 rings (SSSR count). The van der Waals surface area contributed by atoms with Crippen LogP contribution >= 0.6 is 12.4 Å². The normalized spacial score (nSPS) is 13.5. The van der Waals surface area contributed by atoms with Crippen LogP contribution in [0.4, 0.5) is 10.6 Å². The zero-order valence-electron chi connectivity index (χ0n) is 21.0. The summed E-state index contributed by atoms with van der Waals surface area (Å²) in [5.41, 5.74) is 0.741. The highest BCUT2D eigenvalue weighted by molar-refractivity contribution is 5.87. The van der Waals surface area contributed by atoms with Crippen molar-refractivity contribution in [2.75, 3.05) is 44.3 Å². The molecule has 2 aromatic heterocycles. The molecule has 3 aromatic rings. The maximum atomic E-state index is 13.0. The predicted molar refractivity (Wildman–Crippen MR) is 143 cm³/mol. The minimum Gasteiger partial charge on any atom is -0.494 e. The monoisotopic (exact) mass is 516 g/mol. The first-order valence-corrected chi connectivity index (χ1v) is 12.0. The number of urea groups is 1. The summed E-state index contributed by atoms with van der Waals surface area (Å²) in [6.45, 7) is 11.1. The molecular formula is C25H33ClN6O4. The fourth-order valence-electron chi connectivity index (χ4n) is 4.06. The van der Waals surface area contributed by atoms with Crippen LogP contribution in [0.5, 0.6) is 11.5 Å². The van der Waals surface area contributed by atoms with Crippen LogP contribution in [0.1, 0.15) is 27.7 Å². The molecular weight excluding hydrogens is 484 g/mol. The number of anilines is 1.